The molecular weight excluding hydrogens is 240 g/mol. The number of alkyl halides is 2. The molecule has 104 valence electrons. The first-order chi connectivity index (χ1) is 8.19. The van der Waals surface area contributed by atoms with Gasteiger partial charge in [0.1, 0.15) is 5.60 Å². The van der Waals surface area contributed by atoms with Crippen LogP contribution in [-0.4, -0.2) is 28.6 Å². The monoisotopic (exact) mass is 261 g/mol. The summed E-state index contributed by atoms with van der Waals surface area (Å²) < 4.78 is 27.8. The van der Waals surface area contributed by atoms with Gasteiger partial charge >= 0.3 is 5.92 Å². The first kappa shape index (κ1) is 13.7. The molecule has 5 heteroatoms. The standard InChI is InChI=1S/C13H21F2NO2/c1-11(2)6-3-5-9(11)16-10(17)13(14,15)12(18)7-4-8-12/h9,18H,3-8H2,1-2H3,(H,16,17). The van der Waals surface area contributed by atoms with E-state index in [1.165, 1.54) is 0 Å². The maximum absolute atomic E-state index is 13.9. The molecule has 0 spiro atoms. The summed E-state index contributed by atoms with van der Waals surface area (Å²) in [6, 6.07) is -0.223. The lowest BCUT2D eigenvalue weighted by molar-refractivity contribution is -0.216. The summed E-state index contributed by atoms with van der Waals surface area (Å²) in [5, 5.41) is 12.1. The van der Waals surface area contributed by atoms with Crippen molar-refractivity contribution in [3.8, 4) is 0 Å². The molecule has 1 atom stereocenters. The molecule has 0 bridgehead atoms. The highest BCUT2D eigenvalue weighted by Gasteiger charge is 2.61. The maximum atomic E-state index is 13.9. The highest BCUT2D eigenvalue weighted by molar-refractivity contribution is 5.85. The predicted molar refractivity (Wildman–Crippen MR) is 63.3 cm³/mol. The van der Waals surface area contributed by atoms with Crippen LogP contribution < -0.4 is 5.32 Å². The highest BCUT2D eigenvalue weighted by Crippen LogP contribution is 2.45. The molecule has 2 fully saturated rings. The van der Waals surface area contributed by atoms with E-state index in [1.807, 2.05) is 13.8 Å². The molecule has 0 aromatic heterocycles. The number of aliphatic hydroxyl groups is 1. The van der Waals surface area contributed by atoms with Crippen molar-refractivity contribution in [1.82, 2.24) is 5.32 Å². The Bertz CT molecular complexity index is 351. The highest BCUT2D eigenvalue weighted by atomic mass is 19.3. The zero-order valence-corrected chi connectivity index (χ0v) is 10.9. The van der Waals surface area contributed by atoms with Crippen molar-refractivity contribution in [2.24, 2.45) is 5.41 Å². The van der Waals surface area contributed by atoms with Gasteiger partial charge in [0.2, 0.25) is 0 Å². The maximum Gasteiger partial charge on any atom is 0.352 e. The van der Waals surface area contributed by atoms with Crippen molar-refractivity contribution >= 4 is 5.91 Å². The minimum atomic E-state index is -3.68. The van der Waals surface area contributed by atoms with Gasteiger partial charge < -0.3 is 10.4 Å². The molecule has 2 N–H and O–H groups in total. The normalized spacial score (nSPS) is 29.7. The van der Waals surface area contributed by atoms with Crippen LogP contribution in [0.15, 0.2) is 0 Å². The van der Waals surface area contributed by atoms with Gasteiger partial charge in [-0.2, -0.15) is 8.78 Å². The summed E-state index contributed by atoms with van der Waals surface area (Å²) in [4.78, 5) is 11.7. The molecule has 1 unspecified atom stereocenters. The number of amides is 1. The summed E-state index contributed by atoms with van der Waals surface area (Å²) >= 11 is 0. The van der Waals surface area contributed by atoms with Crippen molar-refractivity contribution in [3.63, 3.8) is 0 Å². The van der Waals surface area contributed by atoms with Crippen molar-refractivity contribution in [2.45, 2.75) is 69.9 Å². The summed E-state index contributed by atoms with van der Waals surface area (Å²) in [6.45, 7) is 3.95. The third-order valence-corrected chi connectivity index (χ3v) is 4.61. The number of carbonyl (C=O) groups excluding carboxylic acids is 1. The van der Waals surface area contributed by atoms with Gasteiger partial charge in [-0.15, -0.1) is 0 Å². The fourth-order valence-electron chi connectivity index (χ4n) is 2.88. The Morgan fingerprint density at radius 3 is 2.28 bits per heavy atom. The Balaban J connectivity index is 2.03. The van der Waals surface area contributed by atoms with E-state index < -0.39 is 17.4 Å². The first-order valence-electron chi connectivity index (χ1n) is 6.60. The van der Waals surface area contributed by atoms with Crippen molar-refractivity contribution < 1.29 is 18.7 Å². The lowest BCUT2D eigenvalue weighted by Gasteiger charge is -2.42. The van der Waals surface area contributed by atoms with Gasteiger partial charge in [-0.25, -0.2) is 0 Å². The van der Waals surface area contributed by atoms with Crippen LogP contribution in [0.5, 0.6) is 0 Å². The lowest BCUT2D eigenvalue weighted by Crippen LogP contribution is -2.62. The Morgan fingerprint density at radius 1 is 1.28 bits per heavy atom. The van der Waals surface area contributed by atoms with E-state index in [4.69, 9.17) is 0 Å². The van der Waals surface area contributed by atoms with Gasteiger partial charge in [0.05, 0.1) is 0 Å². The van der Waals surface area contributed by atoms with Crippen molar-refractivity contribution in [3.05, 3.63) is 0 Å². The largest absolute Gasteiger partial charge is 0.383 e. The molecular formula is C13H21F2NO2. The summed E-state index contributed by atoms with van der Waals surface area (Å²) in [7, 11) is 0. The predicted octanol–water partition coefficient (Wildman–Crippen LogP) is 2.23. The van der Waals surface area contributed by atoms with Gasteiger partial charge in [0, 0.05) is 6.04 Å². The minimum absolute atomic E-state index is 0.00147. The Morgan fingerprint density at radius 2 is 1.89 bits per heavy atom. The second-order valence-corrected chi connectivity index (χ2v) is 6.37. The third-order valence-electron chi connectivity index (χ3n) is 4.61. The molecule has 2 aliphatic carbocycles. The van der Waals surface area contributed by atoms with Gasteiger partial charge in [-0.05, 0) is 37.5 Å². The van der Waals surface area contributed by atoms with Crippen LogP contribution in [0, 0.1) is 5.41 Å². The van der Waals surface area contributed by atoms with E-state index in [9.17, 15) is 18.7 Å². The molecule has 0 aliphatic heterocycles. The van der Waals surface area contributed by atoms with Gasteiger partial charge in [-0.3, -0.25) is 4.79 Å². The van der Waals surface area contributed by atoms with Crippen LogP contribution in [-0.2, 0) is 4.79 Å². The SMILES string of the molecule is CC1(C)CCCC1NC(=O)C(F)(F)C1(O)CCC1. The molecule has 2 rings (SSSR count). The third kappa shape index (κ3) is 2.02. The van der Waals surface area contributed by atoms with E-state index in [-0.39, 0.29) is 24.3 Å². The first-order valence-corrected chi connectivity index (χ1v) is 6.60. The van der Waals surface area contributed by atoms with E-state index in [0.29, 0.717) is 6.42 Å². The minimum Gasteiger partial charge on any atom is -0.383 e. The fraction of sp³-hybridized carbons (Fsp3) is 0.923. The molecule has 0 saturated heterocycles. The topological polar surface area (TPSA) is 49.3 Å². The van der Waals surface area contributed by atoms with Gasteiger partial charge in [0.25, 0.3) is 5.91 Å². The average Bonchev–Trinajstić information content (AvgIpc) is 2.54. The van der Waals surface area contributed by atoms with Crippen LogP contribution in [0.3, 0.4) is 0 Å². The Kier molecular flexibility index (Phi) is 3.16. The average molecular weight is 261 g/mol. The molecule has 1 amide bonds. The van der Waals surface area contributed by atoms with Crippen LogP contribution in [0.25, 0.3) is 0 Å². The summed E-state index contributed by atoms with van der Waals surface area (Å²) in [5.74, 6) is -4.99. The van der Waals surface area contributed by atoms with Crippen LogP contribution in [0.1, 0.15) is 52.4 Å². The van der Waals surface area contributed by atoms with Gasteiger partial charge in [0.15, 0.2) is 0 Å². The molecule has 3 nitrogen and oxygen atoms in total. The second kappa shape index (κ2) is 4.15. The van der Waals surface area contributed by atoms with E-state index in [0.717, 1.165) is 19.3 Å². The molecule has 0 heterocycles. The second-order valence-electron chi connectivity index (χ2n) is 6.37. The summed E-state index contributed by atoms with van der Waals surface area (Å²) in [6.07, 6.45) is 3.14. The fourth-order valence-corrected chi connectivity index (χ4v) is 2.88. The number of hydrogen-bond donors (Lipinski definition) is 2. The van der Waals surface area contributed by atoms with E-state index in [2.05, 4.69) is 5.32 Å². The van der Waals surface area contributed by atoms with Crippen LogP contribution in [0.4, 0.5) is 8.78 Å². The van der Waals surface area contributed by atoms with Gasteiger partial charge in [-0.1, -0.05) is 20.3 Å². The number of carbonyl (C=O) groups is 1. The molecule has 2 aliphatic rings. The van der Waals surface area contributed by atoms with E-state index >= 15 is 0 Å². The van der Waals surface area contributed by atoms with Crippen molar-refractivity contribution in [1.29, 1.82) is 0 Å². The van der Waals surface area contributed by atoms with E-state index in [1.54, 1.807) is 0 Å². The summed E-state index contributed by atoms with van der Waals surface area (Å²) in [5.41, 5.74) is -2.27. The molecule has 0 radical (unpaired) electrons. The Hall–Kier alpha value is -0.710. The zero-order chi connectivity index (χ0) is 13.6. The number of hydrogen-bond acceptors (Lipinski definition) is 2. The molecule has 0 aromatic carbocycles. The number of nitrogens with one attached hydrogen (secondary N) is 1. The van der Waals surface area contributed by atoms with Crippen LogP contribution in [0.2, 0.25) is 0 Å². The molecule has 0 aromatic rings. The smallest absolute Gasteiger partial charge is 0.352 e. The number of rotatable bonds is 3. The van der Waals surface area contributed by atoms with Crippen molar-refractivity contribution in [2.75, 3.05) is 0 Å². The quantitative estimate of drug-likeness (QED) is 0.818. The zero-order valence-electron chi connectivity index (χ0n) is 10.9. The molecule has 2 saturated carbocycles. The Labute approximate surface area is 106 Å². The number of halogens is 2. The lowest BCUT2D eigenvalue weighted by atomic mass is 9.75. The molecule has 18 heavy (non-hydrogen) atoms. The van der Waals surface area contributed by atoms with Crippen LogP contribution >= 0.6 is 0 Å².